The molecule has 1 heterocycles. The molecule has 1 saturated heterocycles. The Balaban J connectivity index is 1.18. The van der Waals surface area contributed by atoms with Crippen molar-refractivity contribution in [1.82, 2.24) is 15.5 Å². The second kappa shape index (κ2) is 10.6. The molecule has 3 N–H and O–H groups in total. The van der Waals surface area contributed by atoms with Gasteiger partial charge in [-0.15, -0.1) is 0 Å². The summed E-state index contributed by atoms with van der Waals surface area (Å²) in [4.78, 5) is 38.8. The van der Waals surface area contributed by atoms with E-state index in [0.717, 1.165) is 22.0 Å². The van der Waals surface area contributed by atoms with E-state index in [2.05, 4.69) is 16.0 Å². The van der Waals surface area contributed by atoms with Crippen molar-refractivity contribution in [3.05, 3.63) is 78.4 Å². The quantitative estimate of drug-likeness (QED) is 0.545. The van der Waals surface area contributed by atoms with Crippen LogP contribution in [0.2, 0.25) is 0 Å². The van der Waals surface area contributed by atoms with Crippen molar-refractivity contribution in [2.45, 2.75) is 25.3 Å². The second-order valence-electron chi connectivity index (χ2n) is 8.22. The van der Waals surface area contributed by atoms with Gasteiger partial charge in [0.25, 0.3) is 0 Å². The standard InChI is InChI=1S/C26H28N4O3/c31-24(17-20-9-6-8-19-7-4-5-12-23(19)20)27-18-25(32)28-22-13-15-30(16-14-22)26(33)29-21-10-2-1-3-11-21/h1-12,22H,13-18H2,(H,27,31)(H,28,32)(H,29,33). The number of para-hydroxylation sites is 1. The third-order valence-corrected chi connectivity index (χ3v) is 5.85. The van der Waals surface area contributed by atoms with Crippen molar-refractivity contribution in [1.29, 1.82) is 0 Å². The number of nitrogens with zero attached hydrogens (tertiary/aromatic N) is 1. The first kappa shape index (κ1) is 22.3. The minimum absolute atomic E-state index is 0.00626. The summed E-state index contributed by atoms with van der Waals surface area (Å²) in [7, 11) is 0. The Labute approximate surface area is 193 Å². The van der Waals surface area contributed by atoms with Crippen LogP contribution < -0.4 is 16.0 Å². The molecule has 0 unspecified atom stereocenters. The molecule has 3 aromatic rings. The van der Waals surface area contributed by atoms with E-state index < -0.39 is 0 Å². The van der Waals surface area contributed by atoms with Gasteiger partial charge in [0.15, 0.2) is 0 Å². The summed E-state index contributed by atoms with van der Waals surface area (Å²) < 4.78 is 0. The first-order chi connectivity index (χ1) is 16.1. The molecule has 1 fully saturated rings. The van der Waals surface area contributed by atoms with Crippen molar-refractivity contribution >= 4 is 34.3 Å². The molecule has 0 aliphatic carbocycles. The van der Waals surface area contributed by atoms with Crippen LogP contribution in [0.3, 0.4) is 0 Å². The molecule has 33 heavy (non-hydrogen) atoms. The maximum Gasteiger partial charge on any atom is 0.321 e. The van der Waals surface area contributed by atoms with Gasteiger partial charge in [0.1, 0.15) is 0 Å². The van der Waals surface area contributed by atoms with E-state index >= 15 is 0 Å². The molecular formula is C26H28N4O3. The number of benzene rings is 3. The molecule has 3 aromatic carbocycles. The SMILES string of the molecule is O=C(Cc1cccc2ccccc12)NCC(=O)NC1CCN(C(=O)Nc2ccccc2)CC1. The summed E-state index contributed by atoms with van der Waals surface area (Å²) in [6, 6.07) is 23.0. The van der Waals surface area contributed by atoms with Crippen molar-refractivity contribution in [3.8, 4) is 0 Å². The van der Waals surface area contributed by atoms with Gasteiger partial charge in [-0.3, -0.25) is 9.59 Å². The fourth-order valence-electron chi connectivity index (χ4n) is 4.09. The van der Waals surface area contributed by atoms with Crippen LogP contribution in [-0.4, -0.2) is 48.4 Å². The molecule has 7 heteroatoms. The fourth-order valence-corrected chi connectivity index (χ4v) is 4.09. The number of hydrogen-bond acceptors (Lipinski definition) is 3. The number of nitrogens with one attached hydrogen (secondary N) is 3. The summed E-state index contributed by atoms with van der Waals surface area (Å²) >= 11 is 0. The zero-order valence-corrected chi connectivity index (χ0v) is 18.4. The summed E-state index contributed by atoms with van der Waals surface area (Å²) in [6.45, 7) is 1.08. The lowest BCUT2D eigenvalue weighted by Gasteiger charge is -2.32. The second-order valence-corrected chi connectivity index (χ2v) is 8.22. The Bertz CT molecular complexity index is 1120. The Morgan fingerprint density at radius 2 is 1.52 bits per heavy atom. The average molecular weight is 445 g/mol. The molecule has 0 bridgehead atoms. The maximum absolute atomic E-state index is 12.4. The molecule has 4 rings (SSSR count). The highest BCUT2D eigenvalue weighted by molar-refractivity contribution is 5.92. The van der Waals surface area contributed by atoms with Gasteiger partial charge in [-0.25, -0.2) is 4.79 Å². The third kappa shape index (κ3) is 6.10. The number of likely N-dealkylation sites (tertiary alicyclic amines) is 1. The number of carbonyl (C=O) groups excluding carboxylic acids is 3. The average Bonchev–Trinajstić information content (AvgIpc) is 2.84. The van der Waals surface area contributed by atoms with Gasteiger partial charge >= 0.3 is 6.03 Å². The Morgan fingerprint density at radius 1 is 0.818 bits per heavy atom. The summed E-state index contributed by atoms with van der Waals surface area (Å²) in [6.07, 6.45) is 1.58. The van der Waals surface area contributed by atoms with Gasteiger partial charge in [-0.2, -0.15) is 0 Å². The number of piperidine rings is 1. The largest absolute Gasteiger partial charge is 0.352 e. The van der Waals surface area contributed by atoms with Crippen molar-refractivity contribution in [2.75, 3.05) is 25.0 Å². The van der Waals surface area contributed by atoms with Crippen LogP contribution in [-0.2, 0) is 16.0 Å². The minimum Gasteiger partial charge on any atom is -0.352 e. The maximum atomic E-state index is 12.4. The monoisotopic (exact) mass is 444 g/mol. The topological polar surface area (TPSA) is 90.5 Å². The van der Waals surface area contributed by atoms with Crippen LogP contribution in [0, 0.1) is 0 Å². The van der Waals surface area contributed by atoms with Gasteiger partial charge in [-0.1, -0.05) is 60.7 Å². The lowest BCUT2D eigenvalue weighted by molar-refractivity contribution is -0.126. The zero-order valence-electron chi connectivity index (χ0n) is 18.4. The number of fused-ring (bicyclic) bond motifs is 1. The predicted molar refractivity (Wildman–Crippen MR) is 129 cm³/mol. The highest BCUT2D eigenvalue weighted by Gasteiger charge is 2.24. The van der Waals surface area contributed by atoms with Gasteiger partial charge in [0.05, 0.1) is 13.0 Å². The Hall–Kier alpha value is -3.87. The van der Waals surface area contributed by atoms with Crippen molar-refractivity contribution in [3.63, 3.8) is 0 Å². The smallest absolute Gasteiger partial charge is 0.321 e. The number of carbonyl (C=O) groups is 3. The van der Waals surface area contributed by atoms with Crippen LogP contribution >= 0.6 is 0 Å². The number of anilines is 1. The number of urea groups is 1. The van der Waals surface area contributed by atoms with Crippen LogP contribution in [0.15, 0.2) is 72.8 Å². The first-order valence-corrected chi connectivity index (χ1v) is 11.2. The van der Waals surface area contributed by atoms with E-state index in [0.29, 0.717) is 25.9 Å². The van der Waals surface area contributed by atoms with Crippen LogP contribution in [0.1, 0.15) is 18.4 Å². The molecule has 0 atom stereocenters. The van der Waals surface area contributed by atoms with E-state index in [1.807, 2.05) is 72.8 Å². The molecule has 1 aliphatic rings. The molecule has 0 aromatic heterocycles. The van der Waals surface area contributed by atoms with Crippen LogP contribution in [0.4, 0.5) is 10.5 Å². The fraction of sp³-hybridized carbons (Fsp3) is 0.269. The number of rotatable bonds is 6. The van der Waals surface area contributed by atoms with Crippen molar-refractivity contribution < 1.29 is 14.4 Å². The van der Waals surface area contributed by atoms with Gasteiger partial charge in [0, 0.05) is 24.8 Å². The predicted octanol–water partition coefficient (Wildman–Crippen LogP) is 3.31. The normalized spacial score (nSPS) is 14.0. The van der Waals surface area contributed by atoms with E-state index in [1.165, 1.54) is 0 Å². The molecule has 170 valence electrons. The highest BCUT2D eigenvalue weighted by Crippen LogP contribution is 2.19. The van der Waals surface area contributed by atoms with Crippen molar-refractivity contribution in [2.24, 2.45) is 0 Å². The summed E-state index contributed by atoms with van der Waals surface area (Å²) in [5.74, 6) is -0.401. The zero-order chi connectivity index (χ0) is 23.0. The molecular weight excluding hydrogens is 416 g/mol. The van der Waals surface area contributed by atoms with Gasteiger partial charge in [-0.05, 0) is 41.3 Å². The van der Waals surface area contributed by atoms with Crippen LogP contribution in [0.25, 0.3) is 10.8 Å². The first-order valence-electron chi connectivity index (χ1n) is 11.2. The molecule has 0 saturated carbocycles. The van der Waals surface area contributed by atoms with E-state index in [-0.39, 0.29) is 36.9 Å². The summed E-state index contributed by atoms with van der Waals surface area (Å²) in [5.41, 5.74) is 1.70. The Morgan fingerprint density at radius 3 is 2.30 bits per heavy atom. The van der Waals surface area contributed by atoms with E-state index in [4.69, 9.17) is 0 Å². The van der Waals surface area contributed by atoms with Gasteiger partial charge < -0.3 is 20.9 Å². The number of amides is 4. The van der Waals surface area contributed by atoms with E-state index in [9.17, 15) is 14.4 Å². The minimum atomic E-state index is -0.214. The Kier molecular flexibility index (Phi) is 7.19. The molecule has 0 radical (unpaired) electrons. The molecule has 0 spiro atoms. The number of hydrogen-bond donors (Lipinski definition) is 3. The molecule has 4 amide bonds. The molecule has 1 aliphatic heterocycles. The summed E-state index contributed by atoms with van der Waals surface area (Å²) in [5, 5.41) is 10.7. The van der Waals surface area contributed by atoms with Gasteiger partial charge in [0.2, 0.25) is 11.8 Å². The third-order valence-electron chi connectivity index (χ3n) is 5.85. The van der Waals surface area contributed by atoms with Crippen LogP contribution in [0.5, 0.6) is 0 Å². The lowest BCUT2D eigenvalue weighted by Crippen LogP contribution is -2.49. The molecule has 7 nitrogen and oxygen atoms in total. The lowest BCUT2D eigenvalue weighted by atomic mass is 10.0. The van der Waals surface area contributed by atoms with E-state index in [1.54, 1.807) is 4.90 Å². The highest BCUT2D eigenvalue weighted by atomic mass is 16.2.